The van der Waals surface area contributed by atoms with Gasteiger partial charge in [0.05, 0.1) is 5.56 Å². The van der Waals surface area contributed by atoms with Gasteiger partial charge in [0.2, 0.25) is 0 Å². The molecule has 3 nitrogen and oxygen atoms in total. The quantitative estimate of drug-likeness (QED) is 0.797. The van der Waals surface area contributed by atoms with Gasteiger partial charge in [-0.1, -0.05) is 0 Å². The first kappa shape index (κ1) is 14.1. The number of nitrogen functional groups attached to an aromatic ring is 1. The summed E-state index contributed by atoms with van der Waals surface area (Å²) in [5, 5.41) is 0. The Morgan fingerprint density at radius 1 is 1.24 bits per heavy atom. The van der Waals surface area contributed by atoms with Gasteiger partial charge in [0, 0.05) is 22.4 Å². The lowest BCUT2D eigenvalue weighted by Gasteiger charge is -2.30. The molecule has 2 N–H and O–H groups in total. The molecule has 0 spiro atoms. The predicted molar refractivity (Wildman–Crippen MR) is 85.0 cm³/mol. The Hall–Kier alpha value is -1.88. The monoisotopic (exact) mass is 348 g/mol. The Kier molecular flexibility index (Phi) is 3.68. The summed E-state index contributed by atoms with van der Waals surface area (Å²) in [6, 6.07) is 9.68. The maximum absolute atomic E-state index is 13.4. The second-order valence-corrected chi connectivity index (χ2v) is 5.93. The fourth-order valence-corrected chi connectivity index (χ4v) is 3.05. The van der Waals surface area contributed by atoms with Crippen molar-refractivity contribution in [3.63, 3.8) is 0 Å². The Morgan fingerprint density at radius 3 is 2.86 bits per heavy atom. The van der Waals surface area contributed by atoms with Crippen LogP contribution in [0.2, 0.25) is 0 Å². The zero-order chi connectivity index (χ0) is 15.0. The summed E-state index contributed by atoms with van der Waals surface area (Å²) in [6.45, 7) is 0.624. The number of halogens is 2. The van der Waals surface area contributed by atoms with Crippen LogP contribution < -0.4 is 10.6 Å². The molecule has 5 heteroatoms. The molecule has 0 radical (unpaired) electrons. The summed E-state index contributed by atoms with van der Waals surface area (Å²) >= 11 is 3.32. The summed E-state index contributed by atoms with van der Waals surface area (Å²) in [5.41, 5.74) is 8.74. The summed E-state index contributed by atoms with van der Waals surface area (Å²) in [5.74, 6) is -0.622. The Bertz CT molecular complexity index is 717. The number of hydrogen-bond acceptors (Lipinski definition) is 2. The number of carbonyl (C=O) groups is 1. The molecule has 0 aromatic heterocycles. The molecule has 1 amide bonds. The summed E-state index contributed by atoms with van der Waals surface area (Å²) < 4.78 is 14.0. The second-order valence-electron chi connectivity index (χ2n) is 5.07. The highest BCUT2D eigenvalue weighted by Crippen LogP contribution is 2.31. The van der Waals surface area contributed by atoms with Crippen LogP contribution in [0.5, 0.6) is 0 Å². The number of amides is 1. The second kappa shape index (κ2) is 5.48. The number of nitrogens with zero attached hydrogens (tertiary/aromatic N) is 1. The van der Waals surface area contributed by atoms with E-state index in [9.17, 15) is 9.18 Å². The smallest absolute Gasteiger partial charge is 0.259 e. The van der Waals surface area contributed by atoms with E-state index >= 15 is 0 Å². The Balaban J connectivity index is 2.02. The minimum Gasteiger partial charge on any atom is -0.399 e. The summed E-state index contributed by atoms with van der Waals surface area (Å²) in [6.07, 6.45) is 1.77. The van der Waals surface area contributed by atoms with Crippen molar-refractivity contribution < 1.29 is 9.18 Å². The normalized spacial score (nSPS) is 13.9. The average molecular weight is 349 g/mol. The molecule has 21 heavy (non-hydrogen) atoms. The van der Waals surface area contributed by atoms with Gasteiger partial charge in [0.25, 0.3) is 5.91 Å². The first-order valence-electron chi connectivity index (χ1n) is 6.71. The first-order chi connectivity index (χ1) is 10.1. The molecular weight excluding hydrogens is 335 g/mol. The lowest BCUT2D eigenvalue weighted by molar-refractivity contribution is 0.0984. The van der Waals surface area contributed by atoms with Gasteiger partial charge in [-0.25, -0.2) is 4.39 Å². The molecule has 0 bridgehead atoms. The number of fused-ring (bicyclic) bond motifs is 1. The van der Waals surface area contributed by atoms with E-state index < -0.39 is 5.82 Å². The standard InChI is InChI=1S/C16H14BrFN2O/c17-14-5-3-11(18)9-13(14)16(21)20-7-1-2-10-8-12(19)4-6-15(10)20/h3-6,8-9H,1-2,7,19H2. The van der Waals surface area contributed by atoms with Gasteiger partial charge in [-0.2, -0.15) is 0 Å². The average Bonchev–Trinajstić information content (AvgIpc) is 2.48. The third-order valence-electron chi connectivity index (χ3n) is 3.63. The highest BCUT2D eigenvalue weighted by atomic mass is 79.9. The van der Waals surface area contributed by atoms with E-state index in [1.165, 1.54) is 12.1 Å². The van der Waals surface area contributed by atoms with Gasteiger partial charge >= 0.3 is 0 Å². The molecule has 108 valence electrons. The molecular formula is C16H14BrFN2O. The highest BCUT2D eigenvalue weighted by molar-refractivity contribution is 9.10. The van der Waals surface area contributed by atoms with E-state index in [4.69, 9.17) is 5.73 Å². The van der Waals surface area contributed by atoms with Crippen molar-refractivity contribution in [1.82, 2.24) is 0 Å². The number of hydrogen-bond donors (Lipinski definition) is 1. The van der Waals surface area contributed by atoms with Crippen LogP contribution in [-0.2, 0) is 6.42 Å². The van der Waals surface area contributed by atoms with E-state index in [1.807, 2.05) is 12.1 Å². The lowest BCUT2D eigenvalue weighted by atomic mass is 10.00. The van der Waals surface area contributed by atoms with E-state index in [0.717, 1.165) is 24.1 Å². The van der Waals surface area contributed by atoms with Crippen LogP contribution in [0.3, 0.4) is 0 Å². The minimum absolute atomic E-state index is 0.202. The number of nitrogens with two attached hydrogens (primary N) is 1. The molecule has 0 saturated heterocycles. The molecule has 0 unspecified atom stereocenters. The van der Waals surface area contributed by atoms with Crippen LogP contribution in [-0.4, -0.2) is 12.5 Å². The minimum atomic E-state index is -0.420. The number of aryl methyl sites for hydroxylation is 1. The van der Waals surface area contributed by atoms with Crippen molar-refractivity contribution in [3.05, 3.63) is 57.8 Å². The van der Waals surface area contributed by atoms with Crippen molar-refractivity contribution in [2.75, 3.05) is 17.2 Å². The third kappa shape index (κ3) is 2.65. The first-order valence-corrected chi connectivity index (χ1v) is 7.51. The van der Waals surface area contributed by atoms with Crippen molar-refractivity contribution in [2.45, 2.75) is 12.8 Å². The van der Waals surface area contributed by atoms with Crippen LogP contribution >= 0.6 is 15.9 Å². The maximum atomic E-state index is 13.4. The van der Waals surface area contributed by atoms with Crippen molar-refractivity contribution in [3.8, 4) is 0 Å². The largest absolute Gasteiger partial charge is 0.399 e. The van der Waals surface area contributed by atoms with Crippen LogP contribution in [0.25, 0.3) is 0 Å². The van der Waals surface area contributed by atoms with Crippen molar-refractivity contribution in [1.29, 1.82) is 0 Å². The SMILES string of the molecule is Nc1ccc2c(c1)CCCN2C(=O)c1cc(F)ccc1Br. The van der Waals surface area contributed by atoms with Crippen LogP contribution in [0.15, 0.2) is 40.9 Å². The fourth-order valence-electron chi connectivity index (χ4n) is 2.63. The molecule has 1 aliphatic heterocycles. The topological polar surface area (TPSA) is 46.3 Å². The Morgan fingerprint density at radius 2 is 2.05 bits per heavy atom. The zero-order valence-corrected chi connectivity index (χ0v) is 12.9. The molecule has 2 aromatic carbocycles. The van der Waals surface area contributed by atoms with Crippen LogP contribution in [0.1, 0.15) is 22.3 Å². The van der Waals surface area contributed by atoms with E-state index in [1.54, 1.807) is 17.0 Å². The number of rotatable bonds is 1. The van der Waals surface area contributed by atoms with Gasteiger partial charge in [-0.05, 0) is 70.7 Å². The van der Waals surface area contributed by atoms with Gasteiger partial charge in [0.1, 0.15) is 5.82 Å². The number of carbonyl (C=O) groups excluding carboxylic acids is 1. The lowest BCUT2D eigenvalue weighted by Crippen LogP contribution is -2.35. The van der Waals surface area contributed by atoms with E-state index in [-0.39, 0.29) is 5.91 Å². The van der Waals surface area contributed by atoms with Gasteiger partial charge in [-0.15, -0.1) is 0 Å². The summed E-state index contributed by atoms with van der Waals surface area (Å²) in [4.78, 5) is 14.4. The van der Waals surface area contributed by atoms with E-state index in [2.05, 4.69) is 15.9 Å². The maximum Gasteiger partial charge on any atom is 0.259 e. The Labute approximate surface area is 130 Å². The number of benzene rings is 2. The summed E-state index contributed by atoms with van der Waals surface area (Å²) in [7, 11) is 0. The van der Waals surface area contributed by atoms with Crippen LogP contribution in [0, 0.1) is 5.82 Å². The molecule has 0 fully saturated rings. The molecule has 3 rings (SSSR count). The van der Waals surface area contributed by atoms with Gasteiger partial charge in [-0.3, -0.25) is 4.79 Å². The van der Waals surface area contributed by atoms with Crippen molar-refractivity contribution in [2.24, 2.45) is 0 Å². The molecule has 0 atom stereocenters. The molecule has 0 saturated carbocycles. The molecule has 0 aliphatic carbocycles. The fraction of sp³-hybridized carbons (Fsp3) is 0.188. The predicted octanol–water partition coefficient (Wildman–Crippen LogP) is 3.76. The zero-order valence-electron chi connectivity index (χ0n) is 11.3. The molecule has 1 aliphatic rings. The molecule has 1 heterocycles. The van der Waals surface area contributed by atoms with Crippen LogP contribution in [0.4, 0.5) is 15.8 Å². The third-order valence-corrected chi connectivity index (χ3v) is 4.32. The van der Waals surface area contributed by atoms with Crippen molar-refractivity contribution >= 4 is 33.2 Å². The van der Waals surface area contributed by atoms with Gasteiger partial charge in [0.15, 0.2) is 0 Å². The van der Waals surface area contributed by atoms with E-state index in [0.29, 0.717) is 22.3 Å². The molecule has 2 aromatic rings. The highest BCUT2D eigenvalue weighted by Gasteiger charge is 2.25. The number of anilines is 2. The van der Waals surface area contributed by atoms with Gasteiger partial charge < -0.3 is 10.6 Å².